The molecule has 0 aliphatic rings. The third-order valence-corrected chi connectivity index (χ3v) is 4.77. The zero-order valence-electron chi connectivity index (χ0n) is 10.2. The normalized spacial score (nSPS) is 13.6. The summed E-state index contributed by atoms with van der Waals surface area (Å²) >= 11 is 1.56. The van der Waals surface area contributed by atoms with E-state index in [0.717, 1.165) is 16.9 Å². The van der Waals surface area contributed by atoms with Crippen LogP contribution in [0.2, 0.25) is 0 Å². The fourth-order valence-corrected chi connectivity index (χ4v) is 3.77. The Balaban J connectivity index is 2.70. The lowest BCUT2D eigenvalue weighted by Crippen LogP contribution is -2.10. The Morgan fingerprint density at radius 3 is 2.59 bits per heavy atom. The Morgan fingerprint density at radius 1 is 1.35 bits per heavy atom. The molecule has 2 N–H and O–H groups in total. The highest BCUT2D eigenvalue weighted by Crippen LogP contribution is 2.27. The lowest BCUT2D eigenvalue weighted by Gasteiger charge is -2.14. The van der Waals surface area contributed by atoms with Gasteiger partial charge in [0.25, 0.3) is 0 Å². The van der Waals surface area contributed by atoms with Crippen molar-refractivity contribution in [2.75, 3.05) is 17.8 Å². The highest BCUT2D eigenvalue weighted by molar-refractivity contribution is 8.00. The summed E-state index contributed by atoms with van der Waals surface area (Å²) in [6.45, 7) is 2.04. The first-order chi connectivity index (χ1) is 7.94. The predicted octanol–water partition coefficient (Wildman–Crippen LogP) is 2.23. The van der Waals surface area contributed by atoms with Crippen LogP contribution in [0.1, 0.15) is 24.9 Å². The van der Waals surface area contributed by atoms with Gasteiger partial charge in [-0.15, -0.1) is 11.8 Å². The lowest BCUT2D eigenvalue weighted by atomic mass is 10.1. The van der Waals surface area contributed by atoms with Crippen LogP contribution in [-0.2, 0) is 9.84 Å². The van der Waals surface area contributed by atoms with E-state index in [4.69, 9.17) is 5.73 Å². The molecule has 0 amide bonds. The molecular formula is C12H19NO2S2. The first kappa shape index (κ1) is 14.5. The third kappa shape index (κ3) is 5.10. The van der Waals surface area contributed by atoms with Crippen molar-refractivity contribution in [1.29, 1.82) is 0 Å². The Hall–Kier alpha value is -0.520. The summed E-state index contributed by atoms with van der Waals surface area (Å²) in [5.41, 5.74) is 7.13. The van der Waals surface area contributed by atoms with E-state index >= 15 is 0 Å². The molecule has 0 spiro atoms. The van der Waals surface area contributed by atoms with Crippen LogP contribution in [-0.4, -0.2) is 26.2 Å². The van der Waals surface area contributed by atoms with Gasteiger partial charge in [-0.05, 0) is 18.1 Å². The molecule has 0 unspecified atom stereocenters. The minimum Gasteiger partial charge on any atom is -0.324 e. The summed E-state index contributed by atoms with van der Waals surface area (Å²) in [6, 6.07) is 7.95. The average Bonchev–Trinajstić information content (AvgIpc) is 2.27. The molecule has 3 nitrogen and oxygen atoms in total. The van der Waals surface area contributed by atoms with Crippen LogP contribution in [0.4, 0.5) is 0 Å². The average molecular weight is 273 g/mol. The van der Waals surface area contributed by atoms with E-state index in [9.17, 15) is 8.42 Å². The molecule has 0 aromatic heterocycles. The molecule has 17 heavy (non-hydrogen) atoms. The SMILES string of the molecule is CC[C@H](N)c1ccccc1SCCS(C)(=O)=O. The van der Waals surface area contributed by atoms with Crippen molar-refractivity contribution >= 4 is 21.6 Å². The van der Waals surface area contributed by atoms with E-state index in [1.807, 2.05) is 31.2 Å². The van der Waals surface area contributed by atoms with Crippen LogP contribution < -0.4 is 5.73 Å². The number of benzene rings is 1. The summed E-state index contributed by atoms with van der Waals surface area (Å²) in [4.78, 5) is 1.09. The number of rotatable bonds is 6. The number of hydrogen-bond donors (Lipinski definition) is 1. The summed E-state index contributed by atoms with van der Waals surface area (Å²) < 4.78 is 22.1. The van der Waals surface area contributed by atoms with Gasteiger partial charge in [-0.25, -0.2) is 8.42 Å². The highest BCUT2D eigenvalue weighted by atomic mass is 32.2. The maximum Gasteiger partial charge on any atom is 0.148 e. The zero-order chi connectivity index (χ0) is 12.9. The molecule has 0 radical (unpaired) electrons. The van der Waals surface area contributed by atoms with Crippen LogP contribution in [0.5, 0.6) is 0 Å². The molecule has 0 aliphatic carbocycles. The topological polar surface area (TPSA) is 60.2 Å². The van der Waals surface area contributed by atoms with Crippen molar-refractivity contribution in [2.45, 2.75) is 24.3 Å². The number of thioether (sulfide) groups is 1. The van der Waals surface area contributed by atoms with Crippen molar-refractivity contribution in [3.8, 4) is 0 Å². The van der Waals surface area contributed by atoms with Gasteiger partial charge in [0.15, 0.2) is 0 Å². The largest absolute Gasteiger partial charge is 0.324 e. The maximum absolute atomic E-state index is 11.1. The van der Waals surface area contributed by atoms with E-state index in [0.29, 0.717) is 5.75 Å². The van der Waals surface area contributed by atoms with Gasteiger partial charge < -0.3 is 5.73 Å². The van der Waals surface area contributed by atoms with E-state index in [-0.39, 0.29) is 11.8 Å². The van der Waals surface area contributed by atoms with E-state index in [1.165, 1.54) is 6.26 Å². The van der Waals surface area contributed by atoms with Crippen LogP contribution in [0.3, 0.4) is 0 Å². The van der Waals surface area contributed by atoms with Crippen molar-refractivity contribution < 1.29 is 8.42 Å². The predicted molar refractivity (Wildman–Crippen MR) is 74.1 cm³/mol. The minimum atomic E-state index is -2.89. The maximum atomic E-state index is 11.1. The molecule has 0 fully saturated rings. The van der Waals surface area contributed by atoms with Gasteiger partial charge >= 0.3 is 0 Å². The number of nitrogens with two attached hydrogens (primary N) is 1. The molecule has 96 valence electrons. The van der Waals surface area contributed by atoms with Crippen LogP contribution in [0.25, 0.3) is 0 Å². The molecule has 0 heterocycles. The smallest absolute Gasteiger partial charge is 0.148 e. The fourth-order valence-electron chi connectivity index (χ4n) is 1.44. The molecule has 0 saturated carbocycles. The Labute approximate surface area is 108 Å². The highest BCUT2D eigenvalue weighted by Gasteiger charge is 2.10. The van der Waals surface area contributed by atoms with Gasteiger partial charge in [-0.2, -0.15) is 0 Å². The van der Waals surface area contributed by atoms with E-state index in [1.54, 1.807) is 11.8 Å². The summed E-state index contributed by atoms with van der Waals surface area (Å²) in [6.07, 6.45) is 2.14. The quantitative estimate of drug-likeness (QED) is 0.807. The van der Waals surface area contributed by atoms with Crippen molar-refractivity contribution in [2.24, 2.45) is 5.73 Å². The Bertz CT molecular complexity index is 457. The standard InChI is InChI=1S/C12H19NO2S2/c1-3-11(13)10-6-4-5-7-12(10)16-8-9-17(2,14)15/h4-7,11H,3,8-9,13H2,1-2H3/t11-/m0/s1. The van der Waals surface area contributed by atoms with Crippen molar-refractivity contribution in [3.05, 3.63) is 29.8 Å². The second-order valence-electron chi connectivity index (χ2n) is 4.03. The van der Waals surface area contributed by atoms with Crippen LogP contribution >= 0.6 is 11.8 Å². The molecule has 1 aromatic carbocycles. The van der Waals surface area contributed by atoms with E-state index < -0.39 is 9.84 Å². The Kier molecular flexibility index (Phi) is 5.49. The molecule has 1 rings (SSSR count). The molecule has 5 heteroatoms. The van der Waals surface area contributed by atoms with E-state index in [2.05, 4.69) is 0 Å². The monoisotopic (exact) mass is 273 g/mol. The van der Waals surface area contributed by atoms with Crippen LogP contribution in [0.15, 0.2) is 29.2 Å². The second kappa shape index (κ2) is 6.42. The van der Waals surface area contributed by atoms with Gasteiger partial charge in [0, 0.05) is 22.9 Å². The van der Waals surface area contributed by atoms with Gasteiger partial charge in [0.05, 0.1) is 5.75 Å². The second-order valence-corrected chi connectivity index (χ2v) is 7.43. The minimum absolute atomic E-state index is 0.0249. The molecule has 0 bridgehead atoms. The number of hydrogen-bond acceptors (Lipinski definition) is 4. The Morgan fingerprint density at radius 2 is 2.00 bits per heavy atom. The van der Waals surface area contributed by atoms with Gasteiger partial charge in [0.1, 0.15) is 9.84 Å². The summed E-state index contributed by atoms with van der Waals surface area (Å²) in [5.74, 6) is 0.777. The molecular weight excluding hydrogens is 254 g/mol. The van der Waals surface area contributed by atoms with Gasteiger partial charge in [0.2, 0.25) is 0 Å². The van der Waals surface area contributed by atoms with Gasteiger partial charge in [-0.3, -0.25) is 0 Å². The summed E-state index contributed by atoms with van der Waals surface area (Å²) in [5, 5.41) is 0. The third-order valence-electron chi connectivity index (χ3n) is 2.47. The van der Waals surface area contributed by atoms with Crippen molar-refractivity contribution in [3.63, 3.8) is 0 Å². The first-order valence-corrected chi connectivity index (χ1v) is 8.63. The molecule has 1 aromatic rings. The number of sulfone groups is 1. The van der Waals surface area contributed by atoms with Crippen molar-refractivity contribution in [1.82, 2.24) is 0 Å². The van der Waals surface area contributed by atoms with Crippen LogP contribution in [0, 0.1) is 0 Å². The zero-order valence-corrected chi connectivity index (χ0v) is 11.9. The molecule has 0 saturated heterocycles. The summed E-state index contributed by atoms with van der Waals surface area (Å²) in [7, 11) is -2.89. The molecule has 0 aliphatic heterocycles. The molecule has 1 atom stereocenters. The fraction of sp³-hybridized carbons (Fsp3) is 0.500. The lowest BCUT2D eigenvalue weighted by molar-refractivity contribution is 0.603. The van der Waals surface area contributed by atoms with Gasteiger partial charge in [-0.1, -0.05) is 25.1 Å². The first-order valence-electron chi connectivity index (χ1n) is 5.59.